The van der Waals surface area contributed by atoms with Gasteiger partial charge in [0.15, 0.2) is 0 Å². The third-order valence-electron chi connectivity index (χ3n) is 2.80. The van der Waals surface area contributed by atoms with Gasteiger partial charge in [0.1, 0.15) is 0 Å². The number of rotatable bonds is 4. The second-order valence-electron chi connectivity index (χ2n) is 4.09. The summed E-state index contributed by atoms with van der Waals surface area (Å²) in [7, 11) is -2.54. The van der Waals surface area contributed by atoms with Crippen LogP contribution >= 0.6 is 8.03 Å². The van der Waals surface area contributed by atoms with Crippen molar-refractivity contribution >= 4 is 13.6 Å². The number of hydrogen-bond acceptors (Lipinski definition) is 2. The Morgan fingerprint density at radius 2 is 1.85 bits per heavy atom. The van der Waals surface area contributed by atoms with Gasteiger partial charge in [-0.05, 0) is 0 Å². The molecule has 0 bridgehead atoms. The molecule has 2 rings (SSSR count). The SMILES string of the molecule is CCCC1[C-]=C(c2ccccc2)C([P+](=O)[O-])=C1.[Cl-].[Cl-].[Zr+3]. The molecule has 0 amide bonds. The topological polar surface area (TPSA) is 40.1 Å². The molecular formula is C14H14Cl2O2PZr. The zero-order valence-electron chi connectivity index (χ0n) is 11.0. The van der Waals surface area contributed by atoms with Gasteiger partial charge < -0.3 is 29.7 Å². The van der Waals surface area contributed by atoms with E-state index < -0.39 is 8.03 Å². The molecule has 1 aromatic rings. The van der Waals surface area contributed by atoms with Crippen LogP contribution in [0.1, 0.15) is 25.3 Å². The Morgan fingerprint density at radius 3 is 2.35 bits per heavy atom. The first-order valence-electron chi connectivity index (χ1n) is 5.78. The maximum absolute atomic E-state index is 11.2. The van der Waals surface area contributed by atoms with Gasteiger partial charge in [0.25, 0.3) is 8.03 Å². The molecule has 0 spiro atoms. The quantitative estimate of drug-likeness (QED) is 0.403. The molecule has 0 N–H and O–H groups in total. The van der Waals surface area contributed by atoms with E-state index in [4.69, 9.17) is 0 Å². The summed E-state index contributed by atoms with van der Waals surface area (Å²) < 4.78 is 11.2. The molecule has 1 aliphatic rings. The predicted molar refractivity (Wildman–Crippen MR) is 67.2 cm³/mol. The predicted octanol–water partition coefficient (Wildman–Crippen LogP) is -2.70. The second kappa shape index (κ2) is 10.9. The van der Waals surface area contributed by atoms with E-state index in [-0.39, 0.29) is 56.9 Å². The number of allylic oxidation sites excluding steroid dienone is 4. The van der Waals surface area contributed by atoms with Crippen molar-refractivity contribution in [3.63, 3.8) is 0 Å². The van der Waals surface area contributed by atoms with Crippen molar-refractivity contribution in [3.8, 4) is 0 Å². The molecule has 2 unspecified atom stereocenters. The van der Waals surface area contributed by atoms with Gasteiger partial charge in [-0.2, -0.15) is 6.08 Å². The molecule has 0 fully saturated rings. The normalized spacial score (nSPS) is 16.9. The number of halogens is 2. The maximum Gasteiger partial charge on any atom is 3.00 e. The third kappa shape index (κ3) is 5.54. The summed E-state index contributed by atoms with van der Waals surface area (Å²) in [4.78, 5) is 11.2. The van der Waals surface area contributed by atoms with Crippen molar-refractivity contribution < 1.29 is 60.5 Å². The van der Waals surface area contributed by atoms with Crippen LogP contribution in [0, 0.1) is 12.0 Å². The van der Waals surface area contributed by atoms with Crippen molar-refractivity contribution in [2.24, 2.45) is 5.92 Å². The minimum atomic E-state index is -2.54. The fourth-order valence-electron chi connectivity index (χ4n) is 2.03. The summed E-state index contributed by atoms with van der Waals surface area (Å²) in [5.74, 6) is 0.137. The third-order valence-corrected chi connectivity index (χ3v) is 3.57. The van der Waals surface area contributed by atoms with Gasteiger partial charge in [0.2, 0.25) is 0 Å². The van der Waals surface area contributed by atoms with Crippen LogP contribution < -0.4 is 29.7 Å². The van der Waals surface area contributed by atoms with Gasteiger partial charge in [-0.25, -0.2) is 0 Å². The first-order valence-corrected chi connectivity index (χ1v) is 6.95. The molecule has 0 aromatic heterocycles. The minimum absolute atomic E-state index is 0. The number of hydrogen-bond donors (Lipinski definition) is 0. The Labute approximate surface area is 152 Å². The van der Waals surface area contributed by atoms with Crippen LogP contribution in [0.15, 0.2) is 41.7 Å². The van der Waals surface area contributed by atoms with Gasteiger partial charge >= 0.3 is 26.2 Å². The van der Waals surface area contributed by atoms with E-state index in [9.17, 15) is 9.46 Å². The van der Waals surface area contributed by atoms with Gasteiger partial charge in [-0.3, -0.25) is 0 Å². The average molecular weight is 407 g/mol. The molecule has 1 radical (unpaired) electrons. The Hall–Kier alpha value is 0.223. The monoisotopic (exact) mass is 405 g/mol. The summed E-state index contributed by atoms with van der Waals surface area (Å²) in [5.41, 5.74) is 1.66. The standard InChI is InChI=1S/C14H14O2P.2ClH.Zr/c1-2-6-11-9-13(14(10-11)17(15)16)12-7-4-3-5-8-12;;;/h3-5,7-8,10-11H,2,6H2,1H3;2*1H;/q-1;;;+3/p-2. The van der Waals surface area contributed by atoms with Crippen molar-refractivity contribution in [2.75, 3.05) is 0 Å². The Kier molecular flexibility index (Phi) is 12.2. The van der Waals surface area contributed by atoms with Crippen molar-refractivity contribution in [1.82, 2.24) is 0 Å². The first-order chi connectivity index (χ1) is 8.22. The second-order valence-corrected chi connectivity index (χ2v) is 5.09. The molecule has 0 saturated heterocycles. The Balaban J connectivity index is 0. The molecule has 1 aliphatic carbocycles. The molecule has 0 saturated carbocycles. The zero-order chi connectivity index (χ0) is 12.3. The summed E-state index contributed by atoms with van der Waals surface area (Å²) in [6.45, 7) is 2.09. The molecule has 2 nitrogen and oxygen atoms in total. The van der Waals surface area contributed by atoms with Crippen LogP contribution in [-0.4, -0.2) is 0 Å². The summed E-state index contributed by atoms with van der Waals surface area (Å²) in [6, 6.07) is 9.58. The average Bonchev–Trinajstić information content (AvgIpc) is 2.75. The van der Waals surface area contributed by atoms with Gasteiger partial charge in [-0.15, -0.1) is 23.3 Å². The molecule has 0 heterocycles. The van der Waals surface area contributed by atoms with E-state index in [1.807, 2.05) is 36.4 Å². The molecular weight excluding hydrogens is 393 g/mol. The molecule has 105 valence electrons. The maximum atomic E-state index is 11.2. The van der Waals surface area contributed by atoms with Gasteiger partial charge in [0.05, 0.1) is 5.31 Å². The van der Waals surface area contributed by atoms with Crippen LogP contribution in [0.3, 0.4) is 0 Å². The summed E-state index contributed by atoms with van der Waals surface area (Å²) in [5, 5.41) is 0.421. The van der Waals surface area contributed by atoms with Crippen molar-refractivity contribution in [2.45, 2.75) is 19.8 Å². The Bertz CT molecular complexity index is 489. The summed E-state index contributed by atoms with van der Waals surface area (Å²) in [6.07, 6.45) is 7.07. The van der Waals surface area contributed by atoms with Crippen LogP contribution in [0.2, 0.25) is 0 Å². The zero-order valence-corrected chi connectivity index (χ0v) is 15.8. The minimum Gasteiger partial charge on any atom is -1.00 e. The van der Waals surface area contributed by atoms with Gasteiger partial charge in [0, 0.05) is 0 Å². The van der Waals surface area contributed by atoms with Crippen LogP contribution in [0.25, 0.3) is 5.57 Å². The number of benzene rings is 1. The van der Waals surface area contributed by atoms with Crippen molar-refractivity contribution in [3.05, 3.63) is 53.4 Å². The van der Waals surface area contributed by atoms with Crippen molar-refractivity contribution in [1.29, 1.82) is 0 Å². The first kappa shape index (κ1) is 22.5. The van der Waals surface area contributed by atoms with E-state index in [1.54, 1.807) is 0 Å². The van der Waals surface area contributed by atoms with E-state index in [1.165, 1.54) is 0 Å². The fourth-order valence-corrected chi connectivity index (χ4v) is 2.71. The van der Waals surface area contributed by atoms with E-state index in [2.05, 4.69) is 13.0 Å². The fraction of sp³-hybridized carbons (Fsp3) is 0.286. The van der Waals surface area contributed by atoms with E-state index in [0.717, 1.165) is 24.0 Å². The van der Waals surface area contributed by atoms with Crippen LogP contribution in [0.4, 0.5) is 0 Å². The molecule has 0 aliphatic heterocycles. The molecule has 1 aromatic carbocycles. The Morgan fingerprint density at radius 1 is 1.25 bits per heavy atom. The van der Waals surface area contributed by atoms with E-state index in [0.29, 0.717) is 5.31 Å². The van der Waals surface area contributed by atoms with Crippen LogP contribution in [-0.2, 0) is 30.8 Å². The van der Waals surface area contributed by atoms with Gasteiger partial charge in [-0.1, -0.05) is 54.5 Å². The molecule has 2 atom stereocenters. The molecule has 6 heteroatoms. The smallest absolute Gasteiger partial charge is 1.00 e. The summed E-state index contributed by atoms with van der Waals surface area (Å²) >= 11 is 0. The molecule has 20 heavy (non-hydrogen) atoms. The van der Waals surface area contributed by atoms with E-state index >= 15 is 0 Å². The van der Waals surface area contributed by atoms with Crippen LogP contribution in [0.5, 0.6) is 0 Å². The largest absolute Gasteiger partial charge is 3.00 e.